The summed E-state index contributed by atoms with van der Waals surface area (Å²) in [5.74, 6) is 0.623. The van der Waals surface area contributed by atoms with Gasteiger partial charge in [0.25, 0.3) is 5.69 Å². The predicted molar refractivity (Wildman–Crippen MR) is 98.8 cm³/mol. The largest absolute Gasteiger partial charge is 0.319 e. The summed E-state index contributed by atoms with van der Waals surface area (Å²) >= 11 is 7.27. The van der Waals surface area contributed by atoms with Crippen LogP contribution >= 0.6 is 23.4 Å². The van der Waals surface area contributed by atoms with Gasteiger partial charge in [-0.1, -0.05) is 29.8 Å². The molecule has 126 valence electrons. The summed E-state index contributed by atoms with van der Waals surface area (Å²) in [7, 11) is 0. The number of nitro benzene ring substituents is 1. The van der Waals surface area contributed by atoms with E-state index in [1.54, 1.807) is 25.1 Å². The Morgan fingerprint density at radius 2 is 1.88 bits per heavy atom. The zero-order chi connectivity index (χ0) is 17.7. The number of aryl methyl sites for hydroxylation is 1. The number of benzene rings is 2. The van der Waals surface area contributed by atoms with Crippen molar-refractivity contribution in [3.8, 4) is 0 Å². The molecule has 0 saturated heterocycles. The molecule has 2 rings (SSSR count). The van der Waals surface area contributed by atoms with Gasteiger partial charge in [0.15, 0.2) is 0 Å². The maximum absolute atomic E-state index is 12.1. The van der Waals surface area contributed by atoms with Crippen molar-refractivity contribution in [3.05, 3.63) is 68.2 Å². The molecule has 0 unspecified atom stereocenters. The summed E-state index contributed by atoms with van der Waals surface area (Å²) in [6.45, 7) is 3.61. The molecule has 0 bridgehead atoms. The lowest BCUT2D eigenvalue weighted by Gasteiger charge is -2.11. The maximum Gasteiger partial charge on any atom is 0.293 e. The molecule has 1 N–H and O–H groups in total. The van der Waals surface area contributed by atoms with Crippen LogP contribution in [0.5, 0.6) is 0 Å². The van der Waals surface area contributed by atoms with Crippen LogP contribution in [-0.4, -0.2) is 16.6 Å². The average Bonchev–Trinajstić information content (AvgIpc) is 2.53. The number of hydrogen-bond donors (Lipinski definition) is 1. The van der Waals surface area contributed by atoms with E-state index in [0.29, 0.717) is 16.3 Å². The predicted octanol–water partition coefficient (Wildman–Crippen LogP) is 4.74. The van der Waals surface area contributed by atoms with Crippen molar-refractivity contribution in [2.75, 3.05) is 11.1 Å². The smallest absolute Gasteiger partial charge is 0.293 e. The summed E-state index contributed by atoms with van der Waals surface area (Å²) < 4.78 is 0. The number of anilines is 1. The minimum Gasteiger partial charge on any atom is -0.319 e. The van der Waals surface area contributed by atoms with Crippen molar-refractivity contribution in [2.45, 2.75) is 19.6 Å². The number of carbonyl (C=O) groups is 1. The second kappa shape index (κ2) is 8.17. The second-order valence-corrected chi connectivity index (χ2v) is 6.75. The maximum atomic E-state index is 12.1. The molecular formula is C17H17ClN2O3S. The first-order chi connectivity index (χ1) is 11.4. The third-order valence-corrected chi connectivity index (χ3v) is 4.85. The Balaban J connectivity index is 1.98. The van der Waals surface area contributed by atoms with Gasteiger partial charge in [0.2, 0.25) is 5.91 Å². The third kappa shape index (κ3) is 4.72. The molecule has 24 heavy (non-hydrogen) atoms. The zero-order valence-electron chi connectivity index (χ0n) is 13.3. The van der Waals surface area contributed by atoms with E-state index in [9.17, 15) is 14.9 Å². The molecule has 0 spiro atoms. The van der Waals surface area contributed by atoms with E-state index in [4.69, 9.17) is 11.6 Å². The van der Waals surface area contributed by atoms with Crippen LogP contribution in [-0.2, 0) is 10.5 Å². The quantitative estimate of drug-likeness (QED) is 0.593. The Kier molecular flexibility index (Phi) is 6.23. The average molecular weight is 365 g/mol. The fraction of sp³-hybridized carbons (Fsp3) is 0.235. The summed E-state index contributed by atoms with van der Waals surface area (Å²) in [6, 6.07) is 10.5. The highest BCUT2D eigenvalue weighted by Gasteiger charge is 2.19. The Morgan fingerprint density at radius 3 is 2.50 bits per heavy atom. The number of nitro groups is 1. The van der Waals surface area contributed by atoms with E-state index < -0.39 is 4.92 Å². The molecule has 1 amide bonds. The van der Waals surface area contributed by atoms with E-state index >= 15 is 0 Å². The van der Waals surface area contributed by atoms with Crippen molar-refractivity contribution in [3.63, 3.8) is 0 Å². The number of amides is 1. The monoisotopic (exact) mass is 364 g/mol. The highest BCUT2D eigenvalue weighted by atomic mass is 35.5. The van der Waals surface area contributed by atoms with Crippen LogP contribution in [0.2, 0.25) is 5.02 Å². The minimum atomic E-state index is -0.483. The number of halogens is 1. The van der Waals surface area contributed by atoms with Gasteiger partial charge >= 0.3 is 0 Å². The Morgan fingerprint density at radius 1 is 1.21 bits per heavy atom. The van der Waals surface area contributed by atoms with Crippen LogP contribution in [0.25, 0.3) is 0 Å². The summed E-state index contributed by atoms with van der Waals surface area (Å²) in [5, 5.41) is 14.5. The Bertz CT molecular complexity index is 763. The normalized spacial score (nSPS) is 10.5. The van der Waals surface area contributed by atoms with Crippen LogP contribution in [0.3, 0.4) is 0 Å². The molecule has 0 saturated carbocycles. The third-order valence-electron chi connectivity index (χ3n) is 3.59. The number of thioether (sulfide) groups is 1. The van der Waals surface area contributed by atoms with Gasteiger partial charge in [0.1, 0.15) is 5.69 Å². The fourth-order valence-electron chi connectivity index (χ4n) is 2.13. The molecule has 7 heteroatoms. The summed E-state index contributed by atoms with van der Waals surface area (Å²) in [5.41, 5.74) is 2.85. The van der Waals surface area contributed by atoms with Gasteiger partial charge in [0, 0.05) is 16.8 Å². The fourth-order valence-corrected chi connectivity index (χ4v) is 3.04. The first-order valence-electron chi connectivity index (χ1n) is 7.25. The van der Waals surface area contributed by atoms with E-state index in [1.807, 2.05) is 19.1 Å². The van der Waals surface area contributed by atoms with Crippen molar-refractivity contribution >= 4 is 40.6 Å². The van der Waals surface area contributed by atoms with Crippen LogP contribution in [0.1, 0.15) is 16.7 Å². The molecule has 0 aliphatic heterocycles. The van der Waals surface area contributed by atoms with Crippen molar-refractivity contribution in [1.82, 2.24) is 0 Å². The van der Waals surface area contributed by atoms with Gasteiger partial charge < -0.3 is 5.32 Å². The van der Waals surface area contributed by atoms with Crippen molar-refractivity contribution < 1.29 is 9.72 Å². The lowest BCUT2D eigenvalue weighted by Crippen LogP contribution is -2.16. The number of rotatable bonds is 6. The highest BCUT2D eigenvalue weighted by molar-refractivity contribution is 7.99. The Labute approximate surface area is 149 Å². The molecule has 0 radical (unpaired) electrons. The molecule has 0 aromatic heterocycles. The second-order valence-electron chi connectivity index (χ2n) is 5.33. The van der Waals surface area contributed by atoms with Gasteiger partial charge in [-0.25, -0.2) is 0 Å². The minimum absolute atomic E-state index is 0.0887. The highest BCUT2D eigenvalue weighted by Crippen LogP contribution is 2.30. The van der Waals surface area contributed by atoms with Gasteiger partial charge in [-0.2, -0.15) is 0 Å². The lowest BCUT2D eigenvalue weighted by atomic mass is 10.1. The molecular weight excluding hydrogens is 348 g/mol. The standard InChI is InChI=1S/C17H17ClN2O3S/c1-11-3-8-15(20(22)23)17(12(11)2)19-16(21)10-24-9-13-4-6-14(18)7-5-13/h3-8H,9-10H2,1-2H3,(H,19,21). The number of carbonyl (C=O) groups excluding carboxylic acids is 1. The molecule has 2 aromatic rings. The van der Waals surface area contributed by atoms with E-state index in [-0.39, 0.29) is 23.0 Å². The molecule has 0 aliphatic carbocycles. The van der Waals surface area contributed by atoms with Gasteiger partial charge in [0.05, 0.1) is 10.7 Å². The van der Waals surface area contributed by atoms with Crippen LogP contribution in [0, 0.1) is 24.0 Å². The SMILES string of the molecule is Cc1ccc([N+](=O)[O-])c(NC(=O)CSCc2ccc(Cl)cc2)c1C. The van der Waals surface area contributed by atoms with Crippen LogP contribution in [0.15, 0.2) is 36.4 Å². The van der Waals surface area contributed by atoms with E-state index in [2.05, 4.69) is 5.32 Å². The lowest BCUT2D eigenvalue weighted by molar-refractivity contribution is -0.384. The summed E-state index contributed by atoms with van der Waals surface area (Å²) in [6.07, 6.45) is 0. The van der Waals surface area contributed by atoms with E-state index in [1.165, 1.54) is 17.8 Å². The molecule has 5 nitrogen and oxygen atoms in total. The number of nitrogens with zero attached hydrogens (tertiary/aromatic N) is 1. The molecule has 0 aliphatic rings. The zero-order valence-corrected chi connectivity index (χ0v) is 14.9. The topological polar surface area (TPSA) is 72.2 Å². The van der Waals surface area contributed by atoms with Gasteiger partial charge in [-0.05, 0) is 42.7 Å². The molecule has 2 aromatic carbocycles. The van der Waals surface area contributed by atoms with Crippen LogP contribution < -0.4 is 5.32 Å². The van der Waals surface area contributed by atoms with Crippen molar-refractivity contribution in [2.24, 2.45) is 0 Å². The van der Waals surface area contributed by atoms with Gasteiger partial charge in [-0.15, -0.1) is 11.8 Å². The molecule has 0 fully saturated rings. The Hall–Kier alpha value is -2.05. The van der Waals surface area contributed by atoms with Gasteiger partial charge in [-0.3, -0.25) is 14.9 Å². The first-order valence-corrected chi connectivity index (χ1v) is 8.78. The first kappa shape index (κ1) is 18.3. The molecule has 0 heterocycles. The van der Waals surface area contributed by atoms with Crippen molar-refractivity contribution in [1.29, 1.82) is 0 Å². The molecule has 0 atom stereocenters. The van der Waals surface area contributed by atoms with Crippen LogP contribution in [0.4, 0.5) is 11.4 Å². The van der Waals surface area contributed by atoms with E-state index in [0.717, 1.165) is 11.1 Å². The summed E-state index contributed by atoms with van der Waals surface area (Å²) in [4.78, 5) is 22.8. The number of hydrogen-bond acceptors (Lipinski definition) is 4. The number of nitrogens with one attached hydrogen (secondary N) is 1.